The molecule has 3 atom stereocenters. The van der Waals surface area contributed by atoms with E-state index < -0.39 is 0 Å². The third kappa shape index (κ3) is 4.76. The van der Waals surface area contributed by atoms with Crippen molar-refractivity contribution in [2.45, 2.75) is 25.0 Å². The number of nitrogens with zero attached hydrogens (tertiary/aromatic N) is 5. The lowest BCUT2D eigenvalue weighted by atomic mass is 9.93. The molecule has 1 N–H and O–H groups in total. The molecule has 1 saturated heterocycles. The van der Waals surface area contributed by atoms with Crippen LogP contribution in [-0.2, 0) is 7.05 Å². The highest BCUT2D eigenvalue weighted by molar-refractivity contribution is 6.30. The number of aryl methyl sites for hydroxylation is 1. The molecule has 0 amide bonds. The van der Waals surface area contributed by atoms with Crippen LogP contribution in [0.15, 0.2) is 71.5 Å². The van der Waals surface area contributed by atoms with E-state index in [0.717, 1.165) is 11.1 Å². The minimum atomic E-state index is -0.315. The number of hydrogen-bond donors (Lipinski definition) is 1. The Morgan fingerprint density at radius 3 is 2.39 bits per heavy atom. The van der Waals surface area contributed by atoms with Gasteiger partial charge in [-0.3, -0.25) is 9.69 Å². The van der Waals surface area contributed by atoms with Crippen LogP contribution in [0.2, 0.25) is 5.02 Å². The summed E-state index contributed by atoms with van der Waals surface area (Å²) in [6.45, 7) is 10.3. The Hall–Kier alpha value is -3.77. The van der Waals surface area contributed by atoms with Crippen LogP contribution in [0.25, 0.3) is 15.9 Å². The van der Waals surface area contributed by atoms with Crippen molar-refractivity contribution >= 4 is 34.1 Å². The molecule has 9 heteroatoms. The molecule has 2 aromatic carbocycles. The maximum Gasteiger partial charge on any atom is 0.270 e. The van der Waals surface area contributed by atoms with Crippen molar-refractivity contribution in [2.24, 2.45) is 7.05 Å². The molecule has 38 heavy (non-hydrogen) atoms. The van der Waals surface area contributed by atoms with Crippen molar-refractivity contribution in [3.63, 3.8) is 0 Å². The van der Waals surface area contributed by atoms with Gasteiger partial charge < -0.3 is 19.4 Å². The number of fused-ring (bicyclic) bond motifs is 1. The second-order valence-electron chi connectivity index (χ2n) is 9.62. The Kier molecular flexibility index (Phi) is 7.17. The van der Waals surface area contributed by atoms with Crippen molar-refractivity contribution < 1.29 is 9.50 Å². The number of benzene rings is 2. The summed E-state index contributed by atoms with van der Waals surface area (Å²) in [5, 5.41) is 11.2. The highest BCUT2D eigenvalue weighted by Gasteiger charge is 2.38. The monoisotopic (exact) mass is 531 g/mol. The van der Waals surface area contributed by atoms with E-state index in [2.05, 4.69) is 26.6 Å². The lowest BCUT2D eigenvalue weighted by molar-refractivity contribution is 0.0727. The number of pyridine rings is 2. The molecule has 7 nitrogen and oxygen atoms in total. The average molecular weight is 532 g/mol. The van der Waals surface area contributed by atoms with Crippen LogP contribution in [0.5, 0.6) is 0 Å². The minimum absolute atomic E-state index is 0.0678. The van der Waals surface area contributed by atoms with E-state index in [-0.39, 0.29) is 41.9 Å². The van der Waals surface area contributed by atoms with E-state index >= 15 is 0 Å². The van der Waals surface area contributed by atoms with Crippen molar-refractivity contribution in [2.75, 3.05) is 24.6 Å². The van der Waals surface area contributed by atoms with Gasteiger partial charge in [-0.2, -0.15) is 0 Å². The number of piperazine rings is 1. The van der Waals surface area contributed by atoms with Gasteiger partial charge in [0, 0.05) is 37.3 Å². The summed E-state index contributed by atoms with van der Waals surface area (Å²) < 4.78 is 15.3. The first kappa shape index (κ1) is 25.9. The van der Waals surface area contributed by atoms with Gasteiger partial charge in [0.15, 0.2) is 0 Å². The largest absolute Gasteiger partial charge is 0.395 e. The molecule has 1 fully saturated rings. The molecule has 1 unspecified atom stereocenters. The van der Waals surface area contributed by atoms with Gasteiger partial charge in [0.2, 0.25) is 5.52 Å². The molecule has 194 valence electrons. The molecule has 1 aliphatic heterocycles. The maximum atomic E-state index is 13.8. The first-order valence-electron chi connectivity index (χ1n) is 12.3. The molecule has 2 aromatic heterocycles. The van der Waals surface area contributed by atoms with Gasteiger partial charge >= 0.3 is 0 Å². The van der Waals surface area contributed by atoms with Crippen LogP contribution in [0.1, 0.15) is 24.1 Å². The zero-order valence-corrected chi connectivity index (χ0v) is 21.8. The molecule has 0 aliphatic carbocycles. The topological polar surface area (TPSA) is 66.0 Å². The third-order valence-electron chi connectivity index (χ3n) is 7.28. The van der Waals surface area contributed by atoms with Gasteiger partial charge in [0.25, 0.3) is 11.4 Å². The Morgan fingerprint density at radius 1 is 1.11 bits per heavy atom. The predicted octanol–water partition coefficient (Wildman–Crippen LogP) is 4.94. The summed E-state index contributed by atoms with van der Waals surface area (Å²) >= 11 is 6.17. The van der Waals surface area contributed by atoms with Gasteiger partial charge in [0.05, 0.1) is 29.9 Å². The minimum Gasteiger partial charge on any atom is -0.395 e. The van der Waals surface area contributed by atoms with Crippen LogP contribution in [0.4, 0.5) is 15.9 Å². The quantitative estimate of drug-likeness (QED) is 0.370. The zero-order valence-electron chi connectivity index (χ0n) is 21.1. The van der Waals surface area contributed by atoms with Crippen molar-refractivity contribution in [3.05, 3.63) is 110 Å². The van der Waals surface area contributed by atoms with E-state index in [9.17, 15) is 14.3 Å². The highest BCUT2D eigenvalue weighted by Crippen LogP contribution is 2.36. The van der Waals surface area contributed by atoms with E-state index in [1.807, 2.05) is 24.3 Å². The summed E-state index contributed by atoms with van der Waals surface area (Å²) in [5.41, 5.74) is 3.55. The summed E-state index contributed by atoms with van der Waals surface area (Å²) in [6, 6.07) is 18.3. The van der Waals surface area contributed by atoms with Crippen molar-refractivity contribution in [3.8, 4) is 0 Å². The molecule has 3 heterocycles. The van der Waals surface area contributed by atoms with Crippen molar-refractivity contribution in [1.82, 2.24) is 14.5 Å². The average Bonchev–Trinajstić information content (AvgIpc) is 2.93. The maximum absolute atomic E-state index is 13.8. The molecule has 4 aromatic rings. The van der Waals surface area contributed by atoms with Crippen LogP contribution >= 0.6 is 11.6 Å². The molecule has 0 bridgehead atoms. The normalized spacial score (nSPS) is 18.9. The Bertz CT molecular complexity index is 1520. The first-order valence-corrected chi connectivity index (χ1v) is 12.7. The van der Waals surface area contributed by atoms with Gasteiger partial charge in [0.1, 0.15) is 5.82 Å². The number of aliphatic hydroxyl groups is 1. The van der Waals surface area contributed by atoms with Gasteiger partial charge in [-0.15, -0.1) is 4.98 Å². The molecule has 5 rings (SSSR count). The fraction of sp³-hybridized carbons (Fsp3) is 0.276. The number of rotatable bonds is 5. The molecule has 0 spiro atoms. The van der Waals surface area contributed by atoms with E-state index in [1.54, 1.807) is 37.4 Å². The van der Waals surface area contributed by atoms with Gasteiger partial charge in [-0.25, -0.2) is 4.39 Å². The van der Waals surface area contributed by atoms with Gasteiger partial charge in [-0.1, -0.05) is 42.4 Å². The van der Waals surface area contributed by atoms with Crippen LogP contribution < -0.4 is 10.5 Å². The second-order valence-corrected chi connectivity index (χ2v) is 10.1. The van der Waals surface area contributed by atoms with Crippen LogP contribution in [-0.4, -0.2) is 51.3 Å². The lowest BCUT2D eigenvalue weighted by Crippen LogP contribution is -2.59. The number of halogens is 2. The Morgan fingerprint density at radius 2 is 1.76 bits per heavy atom. The first-order chi connectivity index (χ1) is 18.3. The molecule has 0 radical (unpaired) electrons. The Balaban J connectivity index is 1.58. The summed E-state index contributed by atoms with van der Waals surface area (Å²) in [7, 11) is 1.69. The summed E-state index contributed by atoms with van der Waals surface area (Å²) in [6.07, 6.45) is 0. The van der Waals surface area contributed by atoms with Crippen LogP contribution in [0.3, 0.4) is 0 Å². The van der Waals surface area contributed by atoms with Crippen LogP contribution in [0, 0.1) is 12.4 Å². The fourth-order valence-corrected chi connectivity index (χ4v) is 5.45. The number of aromatic nitrogens is 2. The van der Waals surface area contributed by atoms with E-state index in [1.165, 1.54) is 16.7 Å². The lowest BCUT2D eigenvalue weighted by Gasteiger charge is -2.49. The zero-order chi connectivity index (χ0) is 27.0. The molecular formula is C29H27ClFN5O2. The molecule has 0 saturated carbocycles. The predicted molar refractivity (Wildman–Crippen MR) is 147 cm³/mol. The standard InChI is InChI=1S/C29H27ClFN5O2/c1-18-15-36(29(19-4-8-21(30)9-5-19)20-6-10-22(31)11-7-20)23(17-37)16-35(18)25-14-27(38)34(3)24-12-13-26(32-2)33-28(24)25/h4-14,18,23,29,37H,15-17H2,1,3H3/t18-,23-,29?/m1/s1. The summed E-state index contributed by atoms with van der Waals surface area (Å²) in [5.74, 6) is -0.0640. The van der Waals surface area contributed by atoms with Crippen molar-refractivity contribution in [1.29, 1.82) is 0 Å². The smallest absolute Gasteiger partial charge is 0.270 e. The van der Waals surface area contributed by atoms with E-state index in [0.29, 0.717) is 34.8 Å². The van der Waals surface area contributed by atoms with E-state index in [4.69, 9.17) is 18.2 Å². The van der Waals surface area contributed by atoms with Gasteiger partial charge in [-0.05, 0) is 54.4 Å². The SMILES string of the molecule is [C-]#[N+]c1ccc2c(n1)c(N1C[C@H](CO)N(C(c3ccc(F)cc3)c3ccc(Cl)cc3)C[C@H]1C)cc(=O)n2C. The second kappa shape index (κ2) is 10.5. The number of anilines is 1. The third-order valence-corrected chi connectivity index (χ3v) is 7.53. The number of aliphatic hydroxyl groups excluding tert-OH is 1. The highest BCUT2D eigenvalue weighted by atomic mass is 35.5. The molecular weight excluding hydrogens is 505 g/mol. The fourth-order valence-electron chi connectivity index (χ4n) is 5.33. The summed E-state index contributed by atoms with van der Waals surface area (Å²) in [4.78, 5) is 25.2. The molecule has 1 aliphatic rings. The Labute approximate surface area is 225 Å². The number of hydrogen-bond acceptors (Lipinski definition) is 5.